The van der Waals surface area contributed by atoms with Crippen molar-refractivity contribution in [2.45, 2.75) is 31.7 Å². The van der Waals surface area contributed by atoms with E-state index >= 15 is 0 Å². The molecule has 2 rings (SSSR count). The van der Waals surface area contributed by atoms with E-state index in [1.165, 1.54) is 0 Å². The maximum atomic E-state index is 12.2. The van der Waals surface area contributed by atoms with Gasteiger partial charge in [-0.25, -0.2) is 18.1 Å². The molecule has 18 heavy (non-hydrogen) atoms. The Balaban J connectivity index is 2.28. The lowest BCUT2D eigenvalue weighted by Crippen LogP contribution is -2.28. The van der Waals surface area contributed by atoms with Gasteiger partial charge in [-0.1, -0.05) is 0 Å². The Labute approximate surface area is 105 Å². The van der Waals surface area contributed by atoms with Crippen LogP contribution in [0.1, 0.15) is 30.2 Å². The number of nitrogens with one attached hydrogen (secondary N) is 3. The number of imidazole rings is 1. The van der Waals surface area contributed by atoms with Crippen molar-refractivity contribution in [1.82, 2.24) is 24.9 Å². The zero-order valence-corrected chi connectivity index (χ0v) is 11.2. The van der Waals surface area contributed by atoms with Crippen LogP contribution in [0.5, 0.6) is 0 Å². The molecule has 2 aromatic rings. The highest BCUT2D eigenvalue weighted by molar-refractivity contribution is 7.89. The van der Waals surface area contributed by atoms with Gasteiger partial charge in [0.1, 0.15) is 10.7 Å². The number of hydrogen-bond acceptors (Lipinski definition) is 4. The highest BCUT2D eigenvalue weighted by Gasteiger charge is 2.25. The first kappa shape index (κ1) is 12.8. The zero-order chi connectivity index (χ0) is 13.3. The Hall–Kier alpha value is -1.67. The van der Waals surface area contributed by atoms with Gasteiger partial charge in [0.15, 0.2) is 0 Å². The molecule has 7 nitrogen and oxygen atoms in total. The summed E-state index contributed by atoms with van der Waals surface area (Å²) in [6, 6.07) is -0.432. The largest absolute Gasteiger partial charge is 0.347 e. The minimum atomic E-state index is -3.61. The van der Waals surface area contributed by atoms with Crippen molar-refractivity contribution in [2.75, 3.05) is 0 Å². The predicted molar refractivity (Wildman–Crippen MR) is 65.4 cm³/mol. The van der Waals surface area contributed by atoms with Gasteiger partial charge in [-0.15, -0.1) is 0 Å². The van der Waals surface area contributed by atoms with Crippen molar-refractivity contribution >= 4 is 10.0 Å². The van der Waals surface area contributed by atoms with Crippen LogP contribution < -0.4 is 4.72 Å². The zero-order valence-electron chi connectivity index (χ0n) is 10.4. The third kappa shape index (κ3) is 2.29. The highest BCUT2D eigenvalue weighted by atomic mass is 32.2. The van der Waals surface area contributed by atoms with E-state index in [0.29, 0.717) is 17.2 Å². The molecule has 0 aliphatic carbocycles. The van der Waals surface area contributed by atoms with Crippen LogP contribution in [0.25, 0.3) is 0 Å². The van der Waals surface area contributed by atoms with Crippen LogP contribution in [0, 0.1) is 13.8 Å². The monoisotopic (exact) mass is 269 g/mol. The lowest BCUT2D eigenvalue weighted by atomic mass is 10.3. The number of nitrogens with zero attached hydrogens (tertiary/aromatic N) is 2. The molecule has 1 atom stereocenters. The molecule has 2 heterocycles. The van der Waals surface area contributed by atoms with Gasteiger partial charge < -0.3 is 4.98 Å². The molecule has 0 aliphatic rings. The van der Waals surface area contributed by atoms with E-state index in [4.69, 9.17) is 0 Å². The van der Waals surface area contributed by atoms with E-state index in [9.17, 15) is 8.42 Å². The quantitative estimate of drug-likeness (QED) is 0.763. The third-order valence-electron chi connectivity index (χ3n) is 2.59. The van der Waals surface area contributed by atoms with Crippen LogP contribution in [0.4, 0.5) is 0 Å². The Morgan fingerprint density at radius 1 is 1.39 bits per heavy atom. The number of aromatic amines is 2. The topological polar surface area (TPSA) is 104 Å². The third-order valence-corrected chi connectivity index (χ3v) is 4.39. The molecule has 0 fully saturated rings. The molecule has 0 spiro atoms. The Morgan fingerprint density at radius 2 is 2.11 bits per heavy atom. The standard InChI is InChI=1S/C10H15N5O2S/c1-6-9(7(2)14-13-6)18(16,17)15-8(3)10-11-4-5-12-10/h4-5,8,15H,1-3H3,(H,11,12)(H,13,14). The van der Waals surface area contributed by atoms with Crippen LogP contribution in [-0.4, -0.2) is 28.6 Å². The summed E-state index contributed by atoms with van der Waals surface area (Å²) in [6.07, 6.45) is 3.23. The number of sulfonamides is 1. The number of rotatable bonds is 4. The van der Waals surface area contributed by atoms with Crippen LogP contribution in [0.3, 0.4) is 0 Å². The Bertz CT molecular complexity index is 610. The second-order valence-corrected chi connectivity index (χ2v) is 5.73. The van der Waals surface area contributed by atoms with Crippen molar-refractivity contribution in [3.63, 3.8) is 0 Å². The van der Waals surface area contributed by atoms with Crippen molar-refractivity contribution in [3.8, 4) is 0 Å². The first-order valence-corrected chi connectivity index (χ1v) is 6.93. The molecule has 0 saturated heterocycles. The van der Waals surface area contributed by atoms with E-state index < -0.39 is 16.1 Å². The molecule has 0 aromatic carbocycles. The highest BCUT2D eigenvalue weighted by Crippen LogP contribution is 2.19. The SMILES string of the molecule is Cc1n[nH]c(C)c1S(=O)(=O)NC(C)c1ncc[nH]1. The molecule has 0 aliphatic heterocycles. The van der Waals surface area contributed by atoms with Gasteiger partial charge in [-0.3, -0.25) is 5.10 Å². The minimum absolute atomic E-state index is 0.195. The lowest BCUT2D eigenvalue weighted by molar-refractivity contribution is 0.560. The molecule has 98 valence electrons. The summed E-state index contributed by atoms with van der Waals surface area (Å²) in [4.78, 5) is 7.09. The van der Waals surface area contributed by atoms with Crippen molar-refractivity contribution in [2.24, 2.45) is 0 Å². The molecule has 2 aromatic heterocycles. The van der Waals surface area contributed by atoms with Gasteiger partial charge >= 0.3 is 0 Å². The molecule has 0 bridgehead atoms. The number of aryl methyl sites for hydroxylation is 2. The molecule has 3 N–H and O–H groups in total. The van der Waals surface area contributed by atoms with Crippen LogP contribution in [-0.2, 0) is 10.0 Å². The number of aromatic nitrogens is 4. The van der Waals surface area contributed by atoms with Gasteiger partial charge in [-0.2, -0.15) is 5.10 Å². The van der Waals surface area contributed by atoms with Gasteiger partial charge in [0.25, 0.3) is 0 Å². The van der Waals surface area contributed by atoms with Gasteiger partial charge in [0, 0.05) is 12.4 Å². The lowest BCUT2D eigenvalue weighted by Gasteiger charge is -2.12. The van der Waals surface area contributed by atoms with Crippen molar-refractivity contribution in [1.29, 1.82) is 0 Å². The van der Waals surface area contributed by atoms with Crippen molar-refractivity contribution < 1.29 is 8.42 Å². The van der Waals surface area contributed by atoms with Crippen LogP contribution >= 0.6 is 0 Å². The van der Waals surface area contributed by atoms with Gasteiger partial charge in [0.05, 0.1) is 17.4 Å². The molecule has 0 saturated carbocycles. The van der Waals surface area contributed by atoms with E-state index in [1.807, 2.05) is 0 Å². The maximum absolute atomic E-state index is 12.2. The average molecular weight is 269 g/mol. The number of hydrogen-bond donors (Lipinski definition) is 3. The van der Waals surface area contributed by atoms with Gasteiger partial charge in [0.2, 0.25) is 10.0 Å². The van der Waals surface area contributed by atoms with Crippen LogP contribution in [0.15, 0.2) is 17.3 Å². The molecular weight excluding hydrogens is 254 g/mol. The molecule has 0 radical (unpaired) electrons. The smallest absolute Gasteiger partial charge is 0.244 e. The maximum Gasteiger partial charge on any atom is 0.244 e. The fourth-order valence-electron chi connectivity index (χ4n) is 1.80. The molecule has 0 amide bonds. The summed E-state index contributed by atoms with van der Waals surface area (Å²) in [5, 5.41) is 6.54. The molecular formula is C10H15N5O2S. The van der Waals surface area contributed by atoms with Gasteiger partial charge in [-0.05, 0) is 20.8 Å². The summed E-state index contributed by atoms with van der Waals surface area (Å²) in [5.74, 6) is 0.567. The first-order chi connectivity index (χ1) is 8.42. The fourth-order valence-corrected chi connectivity index (χ4v) is 3.38. The van der Waals surface area contributed by atoms with E-state index in [0.717, 1.165) is 0 Å². The Morgan fingerprint density at radius 3 is 2.61 bits per heavy atom. The summed E-state index contributed by atoms with van der Waals surface area (Å²) in [6.45, 7) is 5.04. The summed E-state index contributed by atoms with van der Waals surface area (Å²) >= 11 is 0. The summed E-state index contributed by atoms with van der Waals surface area (Å²) in [5.41, 5.74) is 0.971. The van der Waals surface area contributed by atoms with Crippen LogP contribution in [0.2, 0.25) is 0 Å². The normalized spacial score (nSPS) is 13.7. The second-order valence-electron chi connectivity index (χ2n) is 4.08. The second kappa shape index (κ2) is 4.54. The van der Waals surface area contributed by atoms with E-state index in [2.05, 4.69) is 24.9 Å². The molecule has 8 heteroatoms. The van der Waals surface area contributed by atoms with Crippen molar-refractivity contribution in [3.05, 3.63) is 29.6 Å². The van der Waals surface area contributed by atoms with E-state index in [-0.39, 0.29) is 4.90 Å². The molecule has 1 unspecified atom stereocenters. The summed E-state index contributed by atoms with van der Waals surface area (Å²) in [7, 11) is -3.61. The fraction of sp³-hybridized carbons (Fsp3) is 0.400. The predicted octanol–water partition coefficient (Wildman–Crippen LogP) is 0.789. The average Bonchev–Trinajstić information content (AvgIpc) is 2.87. The summed E-state index contributed by atoms with van der Waals surface area (Å²) < 4.78 is 27.0. The Kier molecular flexibility index (Phi) is 3.22. The first-order valence-electron chi connectivity index (χ1n) is 5.45. The minimum Gasteiger partial charge on any atom is -0.347 e. The number of H-pyrrole nitrogens is 2. The van der Waals surface area contributed by atoms with E-state index in [1.54, 1.807) is 33.2 Å².